The van der Waals surface area contributed by atoms with Crippen LogP contribution in [0, 0.1) is 0 Å². The number of carbonyl (C=O) groups excluding carboxylic acids is 1. The van der Waals surface area contributed by atoms with Crippen LogP contribution >= 0.6 is 11.6 Å². The van der Waals surface area contributed by atoms with E-state index in [0.717, 1.165) is 0 Å². The average molecular weight is 307 g/mol. The average Bonchev–Trinajstić information content (AvgIpc) is 2.25. The van der Waals surface area contributed by atoms with Crippen LogP contribution in [0.3, 0.4) is 0 Å². The van der Waals surface area contributed by atoms with Gasteiger partial charge in [0.15, 0.2) is 0 Å². The van der Waals surface area contributed by atoms with Crippen LogP contribution < -0.4 is 11.1 Å². The first-order chi connectivity index (χ1) is 9.10. The van der Waals surface area contributed by atoms with Crippen molar-refractivity contribution in [3.8, 4) is 0 Å². The van der Waals surface area contributed by atoms with Gasteiger partial charge in [0.05, 0.1) is 6.04 Å². The van der Waals surface area contributed by atoms with Crippen molar-refractivity contribution < 1.29 is 18.3 Å². The lowest BCUT2D eigenvalue weighted by Crippen LogP contribution is -2.27. The Kier molecular flexibility index (Phi) is 5.30. The van der Waals surface area contributed by atoms with Crippen molar-refractivity contribution in [1.29, 1.82) is 0 Å². The van der Waals surface area contributed by atoms with Gasteiger partial charge in [0, 0.05) is 10.7 Å². The second-order valence-corrected chi connectivity index (χ2v) is 5.63. The number of anilines is 1. The van der Waals surface area contributed by atoms with Gasteiger partial charge in [-0.05, 0) is 38.5 Å². The molecule has 4 nitrogen and oxygen atoms in total. The SMILES string of the molecule is CC(C)(C)OC(=O)Nc1ccc(C(N)C(F)F)c(Cl)c1. The Morgan fingerprint density at radius 2 is 2.00 bits per heavy atom. The van der Waals surface area contributed by atoms with Gasteiger partial charge in [0.25, 0.3) is 6.43 Å². The van der Waals surface area contributed by atoms with Crippen LogP contribution in [0.4, 0.5) is 19.3 Å². The molecule has 1 unspecified atom stereocenters. The molecular weight excluding hydrogens is 290 g/mol. The van der Waals surface area contributed by atoms with E-state index in [-0.39, 0.29) is 10.6 Å². The summed E-state index contributed by atoms with van der Waals surface area (Å²) in [6.07, 6.45) is -3.36. The fourth-order valence-corrected chi connectivity index (χ4v) is 1.74. The highest BCUT2D eigenvalue weighted by molar-refractivity contribution is 6.31. The van der Waals surface area contributed by atoms with E-state index in [1.54, 1.807) is 20.8 Å². The van der Waals surface area contributed by atoms with Crippen LogP contribution in [0.2, 0.25) is 5.02 Å². The monoisotopic (exact) mass is 306 g/mol. The molecule has 112 valence electrons. The van der Waals surface area contributed by atoms with Crippen LogP contribution in [0.25, 0.3) is 0 Å². The highest BCUT2D eigenvalue weighted by atomic mass is 35.5. The van der Waals surface area contributed by atoms with Crippen LogP contribution in [-0.2, 0) is 4.74 Å². The lowest BCUT2D eigenvalue weighted by Gasteiger charge is -2.20. The highest BCUT2D eigenvalue weighted by Gasteiger charge is 2.21. The molecule has 0 spiro atoms. The fraction of sp³-hybridized carbons (Fsp3) is 0.462. The van der Waals surface area contributed by atoms with Crippen LogP contribution in [0.5, 0.6) is 0 Å². The number of nitrogens with two attached hydrogens (primary N) is 1. The molecule has 0 heterocycles. The minimum Gasteiger partial charge on any atom is -0.444 e. The summed E-state index contributed by atoms with van der Waals surface area (Å²) in [6, 6.07) is 2.68. The molecule has 0 bridgehead atoms. The minimum absolute atomic E-state index is 0.0614. The molecule has 7 heteroatoms. The largest absolute Gasteiger partial charge is 0.444 e. The second-order valence-electron chi connectivity index (χ2n) is 5.22. The summed E-state index contributed by atoms with van der Waals surface area (Å²) in [7, 11) is 0. The van der Waals surface area contributed by atoms with Crippen molar-refractivity contribution in [3.63, 3.8) is 0 Å². The molecule has 0 aliphatic rings. The molecule has 1 atom stereocenters. The normalized spacial score (nSPS) is 13.2. The second kappa shape index (κ2) is 6.37. The van der Waals surface area contributed by atoms with Gasteiger partial charge in [0.1, 0.15) is 5.60 Å². The zero-order chi connectivity index (χ0) is 15.5. The number of amides is 1. The molecule has 0 aromatic heterocycles. The number of rotatable bonds is 3. The molecule has 0 aliphatic carbocycles. The van der Waals surface area contributed by atoms with Gasteiger partial charge in [-0.25, -0.2) is 13.6 Å². The summed E-state index contributed by atoms with van der Waals surface area (Å²) in [4.78, 5) is 11.5. The predicted octanol–water partition coefficient (Wildman–Crippen LogP) is 3.95. The number of carbonyl (C=O) groups is 1. The van der Waals surface area contributed by atoms with Gasteiger partial charge in [-0.1, -0.05) is 17.7 Å². The van der Waals surface area contributed by atoms with E-state index in [4.69, 9.17) is 22.1 Å². The summed E-state index contributed by atoms with van der Waals surface area (Å²) in [5, 5.41) is 2.52. The van der Waals surface area contributed by atoms with Crippen molar-refractivity contribution in [2.75, 3.05) is 5.32 Å². The van der Waals surface area contributed by atoms with Crippen LogP contribution in [0.15, 0.2) is 18.2 Å². The molecule has 1 amide bonds. The lowest BCUT2D eigenvalue weighted by atomic mass is 10.1. The number of hydrogen-bond donors (Lipinski definition) is 2. The Morgan fingerprint density at radius 3 is 2.45 bits per heavy atom. The van der Waals surface area contributed by atoms with Crippen molar-refractivity contribution in [2.24, 2.45) is 5.73 Å². The third-order valence-electron chi connectivity index (χ3n) is 2.28. The first-order valence-corrected chi connectivity index (χ1v) is 6.31. The zero-order valence-electron chi connectivity index (χ0n) is 11.4. The van der Waals surface area contributed by atoms with E-state index in [1.165, 1.54) is 18.2 Å². The number of alkyl halides is 2. The molecule has 0 saturated heterocycles. The molecule has 0 radical (unpaired) electrons. The van der Waals surface area contributed by atoms with Crippen molar-refractivity contribution in [3.05, 3.63) is 28.8 Å². The Hall–Kier alpha value is -1.40. The first-order valence-electron chi connectivity index (χ1n) is 5.93. The Labute approximate surface area is 121 Å². The Bertz CT molecular complexity index is 490. The molecule has 0 fully saturated rings. The van der Waals surface area contributed by atoms with Gasteiger partial charge in [-0.3, -0.25) is 5.32 Å². The maximum absolute atomic E-state index is 12.5. The molecule has 1 aromatic rings. The lowest BCUT2D eigenvalue weighted by molar-refractivity contribution is 0.0636. The topological polar surface area (TPSA) is 64.3 Å². The van der Waals surface area contributed by atoms with Gasteiger partial charge in [-0.15, -0.1) is 0 Å². The predicted molar refractivity (Wildman–Crippen MR) is 74.2 cm³/mol. The summed E-state index contributed by atoms with van der Waals surface area (Å²) in [5.41, 5.74) is 5.16. The highest BCUT2D eigenvalue weighted by Crippen LogP contribution is 2.28. The van der Waals surface area contributed by atoms with E-state index in [2.05, 4.69) is 5.32 Å². The van der Waals surface area contributed by atoms with Crippen molar-refractivity contribution >= 4 is 23.4 Å². The summed E-state index contributed by atoms with van der Waals surface area (Å²) < 4.78 is 30.1. The number of halogens is 3. The molecule has 3 N–H and O–H groups in total. The third-order valence-corrected chi connectivity index (χ3v) is 2.60. The summed E-state index contributed by atoms with van der Waals surface area (Å²) >= 11 is 5.88. The number of ether oxygens (including phenoxy) is 1. The molecule has 1 rings (SSSR count). The maximum atomic E-state index is 12.5. The minimum atomic E-state index is -2.71. The quantitative estimate of drug-likeness (QED) is 0.888. The van der Waals surface area contributed by atoms with Gasteiger partial charge in [-0.2, -0.15) is 0 Å². The Morgan fingerprint density at radius 1 is 1.40 bits per heavy atom. The third kappa shape index (κ3) is 4.94. The Balaban J connectivity index is 2.80. The van der Waals surface area contributed by atoms with E-state index >= 15 is 0 Å². The molecular formula is C13H17ClF2N2O2. The number of benzene rings is 1. The van der Waals surface area contributed by atoms with E-state index in [9.17, 15) is 13.6 Å². The van der Waals surface area contributed by atoms with Crippen molar-refractivity contribution in [2.45, 2.75) is 38.8 Å². The standard InChI is InChI=1S/C13H17ClF2N2O2/c1-13(2,3)20-12(19)18-7-4-5-8(9(14)6-7)10(17)11(15)16/h4-6,10-11H,17H2,1-3H3,(H,18,19). The fourth-order valence-electron chi connectivity index (χ4n) is 1.43. The molecule has 0 saturated carbocycles. The summed E-state index contributed by atoms with van der Waals surface area (Å²) in [5.74, 6) is 0. The van der Waals surface area contributed by atoms with Gasteiger partial charge < -0.3 is 10.5 Å². The molecule has 20 heavy (non-hydrogen) atoms. The summed E-state index contributed by atoms with van der Waals surface area (Å²) in [6.45, 7) is 5.18. The van der Waals surface area contributed by atoms with E-state index < -0.39 is 24.2 Å². The zero-order valence-corrected chi connectivity index (χ0v) is 12.2. The number of nitrogens with one attached hydrogen (secondary N) is 1. The van der Waals surface area contributed by atoms with Crippen LogP contribution in [0.1, 0.15) is 32.4 Å². The first kappa shape index (κ1) is 16.7. The van der Waals surface area contributed by atoms with Crippen LogP contribution in [-0.4, -0.2) is 18.1 Å². The van der Waals surface area contributed by atoms with E-state index in [0.29, 0.717) is 5.69 Å². The number of hydrogen-bond acceptors (Lipinski definition) is 3. The van der Waals surface area contributed by atoms with Crippen molar-refractivity contribution in [1.82, 2.24) is 0 Å². The smallest absolute Gasteiger partial charge is 0.412 e. The van der Waals surface area contributed by atoms with E-state index in [1.807, 2.05) is 0 Å². The van der Waals surface area contributed by atoms with Gasteiger partial charge in [0.2, 0.25) is 0 Å². The van der Waals surface area contributed by atoms with Gasteiger partial charge >= 0.3 is 6.09 Å². The maximum Gasteiger partial charge on any atom is 0.412 e. The molecule has 0 aliphatic heterocycles. The molecule has 1 aromatic carbocycles.